The fourth-order valence-corrected chi connectivity index (χ4v) is 3.21. The quantitative estimate of drug-likeness (QED) is 0.619. The Balaban J connectivity index is 1.93. The van der Waals surface area contributed by atoms with Crippen LogP contribution in [0.3, 0.4) is 0 Å². The maximum absolute atomic E-state index is 12.6. The van der Waals surface area contributed by atoms with Crippen molar-refractivity contribution in [3.8, 4) is 11.5 Å². The Morgan fingerprint density at radius 3 is 2.62 bits per heavy atom. The van der Waals surface area contributed by atoms with E-state index in [1.807, 2.05) is 0 Å². The maximum atomic E-state index is 12.6. The first kappa shape index (κ1) is 20.4. The zero-order chi connectivity index (χ0) is 21.1. The number of hydrogen-bond acceptors (Lipinski definition) is 6. The molecule has 0 fully saturated rings. The van der Waals surface area contributed by atoms with E-state index in [1.165, 1.54) is 14.2 Å². The van der Waals surface area contributed by atoms with Gasteiger partial charge in [0, 0.05) is 11.1 Å². The van der Waals surface area contributed by atoms with Gasteiger partial charge in [-0.25, -0.2) is 4.79 Å². The van der Waals surface area contributed by atoms with Crippen molar-refractivity contribution in [2.45, 2.75) is 26.4 Å². The SMILES string of the molecule is COc1ccc2c(C)c(CC(=O)Nc3cccc(C(C)O)c3)c(=O)oc2c1OC. The summed E-state index contributed by atoms with van der Waals surface area (Å²) in [6.45, 7) is 3.41. The zero-order valence-electron chi connectivity index (χ0n) is 16.7. The van der Waals surface area contributed by atoms with Crippen LogP contribution in [0, 0.1) is 6.92 Å². The molecule has 0 aliphatic rings. The maximum Gasteiger partial charge on any atom is 0.340 e. The number of fused-ring (bicyclic) bond motifs is 1. The van der Waals surface area contributed by atoms with Crippen LogP contribution in [0.5, 0.6) is 11.5 Å². The summed E-state index contributed by atoms with van der Waals surface area (Å²) in [6, 6.07) is 10.4. The zero-order valence-corrected chi connectivity index (χ0v) is 16.7. The van der Waals surface area contributed by atoms with Gasteiger partial charge in [0.2, 0.25) is 11.7 Å². The molecule has 0 spiro atoms. The molecule has 0 bridgehead atoms. The van der Waals surface area contributed by atoms with E-state index in [0.29, 0.717) is 33.7 Å². The molecule has 0 saturated carbocycles. The molecule has 0 aliphatic heterocycles. The van der Waals surface area contributed by atoms with E-state index in [9.17, 15) is 14.7 Å². The fourth-order valence-electron chi connectivity index (χ4n) is 3.21. The van der Waals surface area contributed by atoms with E-state index < -0.39 is 11.7 Å². The number of aliphatic hydroxyl groups is 1. The highest BCUT2D eigenvalue weighted by Crippen LogP contribution is 2.36. The number of rotatable bonds is 6. The molecule has 3 rings (SSSR count). The number of anilines is 1. The lowest BCUT2D eigenvalue weighted by Gasteiger charge is -2.13. The number of amides is 1. The van der Waals surface area contributed by atoms with Crippen LogP contribution in [0.4, 0.5) is 5.69 Å². The van der Waals surface area contributed by atoms with Crippen LogP contribution < -0.4 is 20.4 Å². The summed E-state index contributed by atoms with van der Waals surface area (Å²) in [7, 11) is 2.97. The Kier molecular flexibility index (Phi) is 5.89. The number of carbonyl (C=O) groups is 1. The molecule has 0 saturated heterocycles. The molecule has 152 valence electrons. The molecular formula is C22H23NO6. The summed E-state index contributed by atoms with van der Waals surface area (Å²) < 4.78 is 16.0. The van der Waals surface area contributed by atoms with E-state index in [2.05, 4.69) is 5.32 Å². The van der Waals surface area contributed by atoms with Crippen LogP contribution in [-0.2, 0) is 11.2 Å². The van der Waals surface area contributed by atoms with Crippen molar-refractivity contribution in [3.05, 3.63) is 63.5 Å². The highest BCUT2D eigenvalue weighted by Gasteiger charge is 2.19. The van der Waals surface area contributed by atoms with Gasteiger partial charge in [0.05, 0.1) is 32.3 Å². The second-order valence-electron chi connectivity index (χ2n) is 6.70. The van der Waals surface area contributed by atoms with E-state index in [4.69, 9.17) is 13.9 Å². The molecule has 7 heteroatoms. The first-order chi connectivity index (χ1) is 13.8. The van der Waals surface area contributed by atoms with Crippen LogP contribution in [0.15, 0.2) is 45.6 Å². The summed E-state index contributed by atoms with van der Waals surface area (Å²) in [5.74, 6) is 0.421. The standard InChI is InChI=1S/C22H23NO6/c1-12-16-8-9-18(27-3)21(28-4)20(16)29-22(26)17(12)11-19(25)23-15-7-5-6-14(10-15)13(2)24/h5-10,13,24H,11H2,1-4H3,(H,23,25). The highest BCUT2D eigenvalue weighted by atomic mass is 16.5. The molecule has 1 aromatic heterocycles. The summed E-state index contributed by atoms with van der Waals surface area (Å²) in [5.41, 5.74) is 1.82. The number of benzene rings is 2. The number of methoxy groups -OCH3 is 2. The van der Waals surface area contributed by atoms with E-state index in [0.717, 1.165) is 0 Å². The molecule has 7 nitrogen and oxygen atoms in total. The minimum absolute atomic E-state index is 0.142. The molecular weight excluding hydrogens is 374 g/mol. The van der Waals surface area contributed by atoms with Crippen molar-refractivity contribution in [1.29, 1.82) is 0 Å². The molecule has 0 radical (unpaired) electrons. The topological polar surface area (TPSA) is 98.0 Å². The largest absolute Gasteiger partial charge is 0.493 e. The summed E-state index contributed by atoms with van der Waals surface area (Å²) >= 11 is 0. The second-order valence-corrected chi connectivity index (χ2v) is 6.70. The summed E-state index contributed by atoms with van der Waals surface area (Å²) in [6.07, 6.45) is -0.786. The molecule has 1 amide bonds. The van der Waals surface area contributed by atoms with E-state index in [1.54, 1.807) is 50.2 Å². The number of ether oxygens (including phenoxy) is 2. The van der Waals surface area contributed by atoms with Crippen molar-refractivity contribution in [2.24, 2.45) is 0 Å². The smallest absolute Gasteiger partial charge is 0.340 e. The Labute approximate surface area is 167 Å². The predicted molar refractivity (Wildman–Crippen MR) is 110 cm³/mol. The lowest BCUT2D eigenvalue weighted by Crippen LogP contribution is -2.20. The molecule has 1 unspecified atom stereocenters. The van der Waals surface area contributed by atoms with Gasteiger partial charge in [-0.1, -0.05) is 12.1 Å². The van der Waals surface area contributed by atoms with Crippen LogP contribution in [-0.4, -0.2) is 25.2 Å². The number of aryl methyl sites for hydroxylation is 1. The molecule has 2 N–H and O–H groups in total. The van der Waals surface area contributed by atoms with Gasteiger partial charge in [-0.2, -0.15) is 0 Å². The van der Waals surface area contributed by atoms with Crippen LogP contribution >= 0.6 is 0 Å². The third kappa shape index (κ3) is 4.09. The van der Waals surface area contributed by atoms with Gasteiger partial charge in [-0.05, 0) is 49.2 Å². The second kappa shape index (κ2) is 8.36. The summed E-state index contributed by atoms with van der Waals surface area (Å²) in [5, 5.41) is 13.1. The lowest BCUT2D eigenvalue weighted by molar-refractivity contribution is -0.115. The van der Waals surface area contributed by atoms with Crippen molar-refractivity contribution < 1.29 is 23.8 Å². The van der Waals surface area contributed by atoms with Crippen molar-refractivity contribution in [1.82, 2.24) is 0 Å². The predicted octanol–water partition coefficient (Wildman–Crippen LogP) is 3.35. The summed E-state index contributed by atoms with van der Waals surface area (Å²) in [4.78, 5) is 25.1. The molecule has 1 heterocycles. The van der Waals surface area contributed by atoms with Crippen LogP contribution in [0.25, 0.3) is 11.0 Å². The van der Waals surface area contributed by atoms with Crippen LogP contribution in [0.1, 0.15) is 29.7 Å². The van der Waals surface area contributed by atoms with Gasteiger partial charge in [-0.3, -0.25) is 4.79 Å². The number of carbonyl (C=O) groups excluding carboxylic acids is 1. The number of aliphatic hydroxyl groups excluding tert-OH is 1. The molecule has 3 aromatic rings. The molecule has 29 heavy (non-hydrogen) atoms. The molecule has 0 aliphatic carbocycles. The fraction of sp³-hybridized carbons (Fsp3) is 0.273. The Bertz CT molecular complexity index is 1120. The number of nitrogens with one attached hydrogen (secondary N) is 1. The third-order valence-corrected chi connectivity index (χ3v) is 4.79. The average molecular weight is 397 g/mol. The van der Waals surface area contributed by atoms with Crippen molar-refractivity contribution in [2.75, 3.05) is 19.5 Å². The van der Waals surface area contributed by atoms with Gasteiger partial charge in [-0.15, -0.1) is 0 Å². The van der Waals surface area contributed by atoms with Gasteiger partial charge in [0.15, 0.2) is 11.3 Å². The van der Waals surface area contributed by atoms with Crippen molar-refractivity contribution >= 4 is 22.6 Å². The third-order valence-electron chi connectivity index (χ3n) is 4.79. The highest BCUT2D eigenvalue weighted by molar-refractivity contribution is 5.94. The van der Waals surface area contributed by atoms with E-state index in [-0.39, 0.29) is 23.5 Å². The van der Waals surface area contributed by atoms with Crippen LogP contribution in [0.2, 0.25) is 0 Å². The minimum Gasteiger partial charge on any atom is -0.493 e. The Morgan fingerprint density at radius 2 is 1.97 bits per heavy atom. The van der Waals surface area contributed by atoms with Gasteiger partial charge in [0.25, 0.3) is 0 Å². The Morgan fingerprint density at radius 1 is 1.21 bits per heavy atom. The Hall–Kier alpha value is -3.32. The first-order valence-electron chi connectivity index (χ1n) is 9.10. The van der Waals surface area contributed by atoms with Gasteiger partial charge >= 0.3 is 5.63 Å². The van der Waals surface area contributed by atoms with Gasteiger partial charge < -0.3 is 24.3 Å². The van der Waals surface area contributed by atoms with Crippen molar-refractivity contribution in [3.63, 3.8) is 0 Å². The average Bonchev–Trinajstić information content (AvgIpc) is 2.70. The molecule has 2 aromatic carbocycles. The van der Waals surface area contributed by atoms with E-state index >= 15 is 0 Å². The normalized spacial score (nSPS) is 11.9. The first-order valence-corrected chi connectivity index (χ1v) is 9.10. The molecule has 1 atom stereocenters. The number of hydrogen-bond donors (Lipinski definition) is 2. The van der Waals surface area contributed by atoms with Gasteiger partial charge in [0.1, 0.15) is 0 Å². The lowest BCUT2D eigenvalue weighted by atomic mass is 10.0. The minimum atomic E-state index is -0.645. The monoisotopic (exact) mass is 397 g/mol.